The lowest BCUT2D eigenvalue weighted by Crippen LogP contribution is -2.28. The van der Waals surface area contributed by atoms with Crippen LogP contribution in [0, 0.1) is 0 Å². The lowest BCUT2D eigenvalue weighted by atomic mass is 9.67. The van der Waals surface area contributed by atoms with Crippen LogP contribution in [-0.4, -0.2) is 60.8 Å². The van der Waals surface area contributed by atoms with E-state index in [0.29, 0.717) is 11.5 Å². The third-order valence-corrected chi connectivity index (χ3v) is 9.50. The molecule has 2 N–H and O–H groups in total. The Balaban J connectivity index is 1.23. The summed E-state index contributed by atoms with van der Waals surface area (Å²) in [6.45, 7) is 6.29. The predicted octanol–water partition coefficient (Wildman–Crippen LogP) is 7.29. The van der Waals surface area contributed by atoms with Gasteiger partial charge in [0.25, 0.3) is 0 Å². The molecular weight excluding hydrogens is 668 g/mol. The number of aliphatic hydroxyl groups excluding tert-OH is 2. The van der Waals surface area contributed by atoms with E-state index in [2.05, 4.69) is 98.1 Å². The Kier molecular flexibility index (Phi) is 10.1. The molecule has 0 radical (unpaired) electrons. The van der Waals surface area contributed by atoms with E-state index < -0.39 is 29.6 Å². The van der Waals surface area contributed by atoms with E-state index in [1.807, 2.05) is 36.4 Å². The van der Waals surface area contributed by atoms with Crippen molar-refractivity contribution in [2.75, 3.05) is 26.4 Å². The van der Waals surface area contributed by atoms with Gasteiger partial charge in [0.2, 0.25) is 0 Å². The van der Waals surface area contributed by atoms with E-state index in [-0.39, 0.29) is 26.4 Å². The fourth-order valence-electron chi connectivity index (χ4n) is 7.07. The van der Waals surface area contributed by atoms with E-state index >= 15 is 0 Å². The molecular formula is C45H38O8. The van der Waals surface area contributed by atoms with Gasteiger partial charge in [0.05, 0.1) is 5.41 Å². The minimum absolute atomic E-state index is 0.0323. The first-order valence-electron chi connectivity index (χ1n) is 17.3. The fourth-order valence-corrected chi connectivity index (χ4v) is 7.07. The van der Waals surface area contributed by atoms with Gasteiger partial charge in [-0.25, -0.2) is 9.59 Å². The van der Waals surface area contributed by atoms with Crippen molar-refractivity contribution in [3.8, 4) is 22.6 Å². The Morgan fingerprint density at radius 1 is 0.547 bits per heavy atom. The zero-order chi connectivity index (χ0) is 37.0. The molecule has 0 aliphatic heterocycles. The average Bonchev–Trinajstić information content (AvgIpc) is 3.50. The van der Waals surface area contributed by atoms with Crippen LogP contribution in [0.5, 0.6) is 11.5 Å². The molecule has 6 aromatic carbocycles. The van der Waals surface area contributed by atoms with Crippen molar-refractivity contribution in [1.82, 2.24) is 0 Å². The monoisotopic (exact) mass is 706 g/mol. The highest BCUT2D eigenvalue weighted by molar-refractivity contribution is 5.92. The minimum Gasteiger partial charge on any atom is -0.491 e. The van der Waals surface area contributed by atoms with Gasteiger partial charge in [0.15, 0.2) is 0 Å². The maximum atomic E-state index is 11.3. The zero-order valence-corrected chi connectivity index (χ0v) is 28.9. The molecule has 1 aliphatic carbocycles. The second-order valence-corrected chi connectivity index (χ2v) is 12.9. The number of hydrogen-bond donors (Lipinski definition) is 2. The van der Waals surface area contributed by atoms with Gasteiger partial charge in [0.1, 0.15) is 50.1 Å². The normalized spacial score (nSPS) is 13.7. The highest BCUT2D eigenvalue weighted by Crippen LogP contribution is 2.56. The van der Waals surface area contributed by atoms with Gasteiger partial charge in [-0.05, 0) is 91.3 Å². The number of aliphatic hydroxyl groups is 2. The third-order valence-electron chi connectivity index (χ3n) is 9.50. The van der Waals surface area contributed by atoms with Crippen molar-refractivity contribution < 1.29 is 38.7 Å². The van der Waals surface area contributed by atoms with Crippen molar-refractivity contribution in [3.05, 3.63) is 169 Å². The molecule has 2 unspecified atom stereocenters. The number of carbonyl (C=O) groups is 2. The van der Waals surface area contributed by atoms with Crippen LogP contribution in [0.1, 0.15) is 22.3 Å². The van der Waals surface area contributed by atoms with E-state index in [0.717, 1.165) is 44.8 Å². The van der Waals surface area contributed by atoms with Gasteiger partial charge in [-0.1, -0.05) is 98.1 Å². The summed E-state index contributed by atoms with van der Waals surface area (Å²) >= 11 is 0. The number of rotatable bonds is 14. The molecule has 0 bridgehead atoms. The van der Waals surface area contributed by atoms with Gasteiger partial charge in [-0.15, -0.1) is 0 Å². The maximum absolute atomic E-state index is 11.3. The fraction of sp³-hybridized carbons (Fsp3) is 0.156. The summed E-state index contributed by atoms with van der Waals surface area (Å²) in [6.07, 6.45) is 0.146. The SMILES string of the molecule is C=CC(=O)OCC(O)COc1ccc2cc(C3(c4ccc5cc(OCC(O)COC(=O)C=C)ccc5c4)c4ccccc4-c4ccccc43)ccc2c1. The van der Waals surface area contributed by atoms with E-state index in [9.17, 15) is 19.8 Å². The van der Waals surface area contributed by atoms with Gasteiger partial charge >= 0.3 is 11.9 Å². The summed E-state index contributed by atoms with van der Waals surface area (Å²) in [5.74, 6) is -0.0132. The number of hydrogen-bond acceptors (Lipinski definition) is 8. The van der Waals surface area contributed by atoms with Crippen molar-refractivity contribution in [2.24, 2.45) is 0 Å². The Hall–Kier alpha value is -6.22. The summed E-state index contributed by atoms with van der Waals surface area (Å²) in [7, 11) is 0. The molecule has 266 valence electrons. The van der Waals surface area contributed by atoms with Gasteiger partial charge in [0, 0.05) is 12.2 Å². The summed E-state index contributed by atoms with van der Waals surface area (Å²) in [5.41, 5.74) is 6.35. The molecule has 8 heteroatoms. The quantitative estimate of drug-likeness (QED) is 0.0896. The molecule has 0 amide bonds. The molecule has 0 saturated heterocycles. The Morgan fingerprint density at radius 2 is 0.943 bits per heavy atom. The second kappa shape index (κ2) is 15.2. The van der Waals surface area contributed by atoms with Crippen LogP contribution in [0.25, 0.3) is 32.7 Å². The van der Waals surface area contributed by atoms with Crippen LogP contribution in [0.4, 0.5) is 0 Å². The maximum Gasteiger partial charge on any atom is 0.330 e. The van der Waals surface area contributed by atoms with Crippen LogP contribution >= 0.6 is 0 Å². The van der Waals surface area contributed by atoms with Gasteiger partial charge in [-0.2, -0.15) is 0 Å². The topological polar surface area (TPSA) is 112 Å². The lowest BCUT2D eigenvalue weighted by Gasteiger charge is -2.34. The van der Waals surface area contributed by atoms with Crippen LogP contribution in [0.2, 0.25) is 0 Å². The first-order valence-corrected chi connectivity index (χ1v) is 17.3. The highest BCUT2D eigenvalue weighted by atomic mass is 16.6. The van der Waals surface area contributed by atoms with E-state index in [1.165, 1.54) is 22.3 Å². The zero-order valence-electron chi connectivity index (χ0n) is 28.9. The third kappa shape index (κ3) is 7.02. The molecule has 0 heterocycles. The molecule has 0 spiro atoms. The van der Waals surface area contributed by atoms with Crippen molar-refractivity contribution >= 4 is 33.5 Å². The largest absolute Gasteiger partial charge is 0.491 e. The van der Waals surface area contributed by atoms with Crippen LogP contribution in [0.3, 0.4) is 0 Å². The molecule has 0 saturated carbocycles. The van der Waals surface area contributed by atoms with E-state index in [4.69, 9.17) is 18.9 Å². The van der Waals surface area contributed by atoms with Gasteiger partial charge in [-0.3, -0.25) is 0 Å². The highest BCUT2D eigenvalue weighted by Gasteiger charge is 2.46. The van der Waals surface area contributed by atoms with Crippen molar-refractivity contribution in [2.45, 2.75) is 17.6 Å². The number of ether oxygens (including phenoxy) is 4. The molecule has 1 aliphatic rings. The van der Waals surface area contributed by atoms with E-state index in [1.54, 1.807) is 0 Å². The molecule has 7 rings (SSSR count). The smallest absolute Gasteiger partial charge is 0.330 e. The Labute approximate surface area is 307 Å². The summed E-state index contributed by atoms with van der Waals surface area (Å²) in [5, 5.41) is 24.4. The van der Waals surface area contributed by atoms with Crippen LogP contribution in [-0.2, 0) is 24.5 Å². The van der Waals surface area contributed by atoms with Crippen LogP contribution < -0.4 is 9.47 Å². The van der Waals surface area contributed by atoms with Gasteiger partial charge < -0.3 is 29.2 Å². The summed E-state index contributed by atoms with van der Waals surface area (Å²) in [6, 6.07) is 41.8. The number of fused-ring (bicyclic) bond motifs is 5. The van der Waals surface area contributed by atoms with Crippen molar-refractivity contribution in [3.63, 3.8) is 0 Å². The molecule has 8 nitrogen and oxygen atoms in total. The molecule has 6 aromatic rings. The molecule has 2 atom stereocenters. The van der Waals surface area contributed by atoms with Crippen LogP contribution in [0.15, 0.2) is 147 Å². The standard InChI is InChI=1S/C45H38O8/c1-3-43(48)52-27-35(46)25-50-37-19-15-29-21-33(17-13-31(29)23-37)45(41-11-7-5-9-39(41)40-10-6-8-12-42(40)45)34-18-14-32-24-38(20-16-30(32)22-34)51-26-36(47)28-53-44(49)4-2/h3-24,35-36,46-47H,1-2,25-28H2. The summed E-state index contributed by atoms with van der Waals surface area (Å²) in [4.78, 5) is 22.7. The molecule has 0 fully saturated rings. The minimum atomic E-state index is -0.978. The molecule has 0 aromatic heterocycles. The predicted molar refractivity (Wildman–Crippen MR) is 204 cm³/mol. The number of esters is 2. The Morgan fingerprint density at radius 3 is 1.38 bits per heavy atom. The Bertz CT molecular complexity index is 2180. The second-order valence-electron chi connectivity index (χ2n) is 12.9. The average molecular weight is 707 g/mol. The van der Waals surface area contributed by atoms with Crippen molar-refractivity contribution in [1.29, 1.82) is 0 Å². The number of carbonyl (C=O) groups excluding carboxylic acids is 2. The molecule has 53 heavy (non-hydrogen) atoms. The lowest BCUT2D eigenvalue weighted by molar-refractivity contribution is -0.142. The first-order chi connectivity index (χ1) is 25.8. The number of benzene rings is 6. The summed E-state index contributed by atoms with van der Waals surface area (Å²) < 4.78 is 21.5. The first kappa shape index (κ1) is 35.2.